The Labute approximate surface area is 501 Å². The summed E-state index contributed by atoms with van der Waals surface area (Å²) in [5.74, 6) is -13.6. The molecule has 0 bridgehead atoms. The number of aliphatic carboxylic acids is 10. The van der Waals surface area contributed by atoms with E-state index in [4.69, 9.17) is 9.47 Å². The molecule has 0 heterocycles. The van der Waals surface area contributed by atoms with Gasteiger partial charge in [-0.3, -0.25) is 77.3 Å². The number of alkyl halides is 1. The van der Waals surface area contributed by atoms with Gasteiger partial charge in [0.25, 0.3) is 0 Å². The molecule has 0 saturated carbocycles. The summed E-state index contributed by atoms with van der Waals surface area (Å²) in [7, 11) is 0. The number of aliphatic hydroxyl groups excluding tert-OH is 6. The van der Waals surface area contributed by atoms with E-state index in [1.165, 1.54) is 39.3 Å². The molecule has 0 aliphatic rings. The van der Waals surface area contributed by atoms with Crippen molar-refractivity contribution in [3.8, 4) is 0 Å². The zero-order chi connectivity index (χ0) is 64.9. The predicted molar refractivity (Wildman–Crippen MR) is 297 cm³/mol. The second-order valence-electron chi connectivity index (χ2n) is 19.8. The van der Waals surface area contributed by atoms with Crippen LogP contribution in [0, 0.1) is 0 Å². The van der Waals surface area contributed by atoms with Crippen LogP contribution in [0.5, 0.6) is 0 Å². The Morgan fingerprint density at radius 3 is 1.00 bits per heavy atom. The van der Waals surface area contributed by atoms with Crippen LogP contribution in [0.25, 0.3) is 0 Å². The SMILES string of the molecule is CC(CNCCCCC(C(=O)O)N(CCN(CC(=O)O)CC(=O)O)CCN(CC(=O)O)CC(=O)O)OC(OC(C(O)CO)C(O)C(O)CNCCCCC(C(=O)O)N(CCN(CC(=O)O)CC(=O)O)CCN(CC(=O)O)CC(=O)O)C(O)[C@H](O)I. The Bertz CT molecular complexity index is 1910. The molecule has 0 aromatic carbocycles. The molecule has 0 aromatic rings. The number of hydrogen-bond donors (Lipinski definition) is 18. The summed E-state index contributed by atoms with van der Waals surface area (Å²) in [5.41, 5.74) is 0. The molecular formula is C48H85IN8O28. The molecule has 18 N–H and O–H groups in total. The number of rotatable bonds is 56. The first kappa shape index (κ1) is 79.8. The van der Waals surface area contributed by atoms with Crippen LogP contribution in [-0.4, -0.2) is 367 Å². The van der Waals surface area contributed by atoms with Gasteiger partial charge in [-0.1, -0.05) is 12.8 Å². The topological polar surface area (TPSA) is 556 Å². The number of hydrogen-bond acceptors (Lipinski definition) is 26. The fraction of sp³-hybridized carbons (Fsp3) is 0.792. The van der Waals surface area contributed by atoms with E-state index in [2.05, 4.69) is 10.6 Å². The monoisotopic (exact) mass is 1350 g/mol. The van der Waals surface area contributed by atoms with Gasteiger partial charge in [-0.15, -0.1) is 0 Å². The van der Waals surface area contributed by atoms with Gasteiger partial charge >= 0.3 is 59.7 Å². The highest BCUT2D eigenvalue weighted by molar-refractivity contribution is 14.1. The van der Waals surface area contributed by atoms with Crippen molar-refractivity contribution >= 4 is 82.3 Å². The van der Waals surface area contributed by atoms with E-state index in [1.54, 1.807) is 0 Å². The zero-order valence-corrected chi connectivity index (χ0v) is 49.1. The summed E-state index contributed by atoms with van der Waals surface area (Å²) in [6.07, 6.45) is -11.3. The molecule has 0 amide bonds. The first-order valence-electron chi connectivity index (χ1n) is 26.7. The van der Waals surface area contributed by atoms with Crippen LogP contribution in [-0.2, 0) is 57.4 Å². The van der Waals surface area contributed by atoms with E-state index in [9.17, 15) is 130 Å². The highest BCUT2D eigenvalue weighted by Gasteiger charge is 2.39. The minimum atomic E-state index is -2.01. The summed E-state index contributed by atoms with van der Waals surface area (Å²) in [6.45, 7) is -7.08. The smallest absolute Gasteiger partial charge is 0.320 e. The molecule has 0 radical (unpaired) electrons. The maximum absolute atomic E-state index is 12.6. The lowest BCUT2D eigenvalue weighted by molar-refractivity contribution is -0.272. The molecule has 37 heteroatoms. The molecule has 492 valence electrons. The Morgan fingerprint density at radius 1 is 0.424 bits per heavy atom. The molecule has 10 atom stereocenters. The number of ether oxygens (including phenoxy) is 2. The third kappa shape index (κ3) is 37.9. The lowest BCUT2D eigenvalue weighted by Gasteiger charge is -2.36. The zero-order valence-electron chi connectivity index (χ0n) is 47.0. The van der Waals surface area contributed by atoms with Gasteiger partial charge in [0.1, 0.15) is 40.6 Å². The molecule has 85 heavy (non-hydrogen) atoms. The van der Waals surface area contributed by atoms with Crippen molar-refractivity contribution in [2.75, 3.05) is 138 Å². The molecule has 0 aliphatic heterocycles. The lowest BCUT2D eigenvalue weighted by Crippen LogP contribution is -2.54. The van der Waals surface area contributed by atoms with Crippen LogP contribution in [0.15, 0.2) is 0 Å². The van der Waals surface area contributed by atoms with E-state index in [-0.39, 0.29) is 104 Å². The van der Waals surface area contributed by atoms with E-state index in [0.717, 1.165) is 19.6 Å². The first-order valence-corrected chi connectivity index (χ1v) is 28.0. The molecule has 0 aromatic heterocycles. The number of halogens is 1. The van der Waals surface area contributed by atoms with Crippen molar-refractivity contribution in [3.05, 3.63) is 0 Å². The molecular weight excluding hydrogens is 1260 g/mol. The number of nitrogens with one attached hydrogen (secondary N) is 2. The van der Waals surface area contributed by atoms with E-state index in [1.807, 2.05) is 0 Å². The molecule has 0 aliphatic carbocycles. The van der Waals surface area contributed by atoms with Crippen molar-refractivity contribution in [2.24, 2.45) is 0 Å². The Hall–Kier alpha value is -5.21. The fourth-order valence-corrected chi connectivity index (χ4v) is 8.90. The number of aliphatic hydroxyl groups is 6. The Morgan fingerprint density at radius 2 is 0.729 bits per heavy atom. The third-order valence-electron chi connectivity index (χ3n) is 12.6. The quantitative estimate of drug-likeness (QED) is 0.0116. The van der Waals surface area contributed by atoms with E-state index >= 15 is 0 Å². The summed E-state index contributed by atoms with van der Waals surface area (Å²) in [4.78, 5) is 123. The van der Waals surface area contributed by atoms with Gasteiger partial charge in [0.05, 0.1) is 71.2 Å². The van der Waals surface area contributed by atoms with Crippen LogP contribution in [0.3, 0.4) is 0 Å². The number of unbranched alkanes of at least 4 members (excludes halogenated alkanes) is 2. The summed E-state index contributed by atoms with van der Waals surface area (Å²) in [5, 5.41) is 165. The normalized spacial score (nSPS) is 15.5. The second-order valence-corrected chi connectivity index (χ2v) is 21.0. The largest absolute Gasteiger partial charge is 0.480 e. The standard InChI is InChI=1S/C48H85IN8O28/c1-29(18-50-8-4-2-6-30(46(80)81)56(14-10-52(20-34(61)62)21-35(63)64)15-11-53(22-36(65)66)23-37(67)68)84-48(43(78)45(49)79)85-44(33(60)28-58)42(77)32(59)19-51-9-5-3-7-31(47(82)83)57(16-12-54(24-38(69)70)25-39(71)72)17-13-55(26-40(73)74)27-41(75)76/h29-33,42-45,48,50-51,58-60,77-79H,2-28H2,1H3,(H,61,62)(H,63,64)(H,65,66)(H,67,68)(H,69,70)(H,71,72)(H,73,74)(H,75,76)(H,80,81)(H,82,83)/t29?,30?,31?,32?,33?,42?,43?,44?,45-,48?/m0/s1. The van der Waals surface area contributed by atoms with Gasteiger partial charge in [0, 0.05) is 65.4 Å². The second kappa shape index (κ2) is 44.3. The van der Waals surface area contributed by atoms with Crippen molar-refractivity contribution in [1.82, 2.24) is 40.0 Å². The number of carbonyl (C=O) groups is 10. The maximum Gasteiger partial charge on any atom is 0.320 e. The highest BCUT2D eigenvalue weighted by Crippen LogP contribution is 2.20. The number of carboxylic acids is 10. The van der Waals surface area contributed by atoms with Crippen LogP contribution < -0.4 is 10.6 Å². The van der Waals surface area contributed by atoms with Crippen molar-refractivity contribution in [2.45, 2.75) is 105 Å². The average Bonchev–Trinajstić information content (AvgIpc) is 3.60. The lowest BCUT2D eigenvalue weighted by atomic mass is 10.0. The van der Waals surface area contributed by atoms with Gasteiger partial charge in [0.2, 0.25) is 0 Å². The van der Waals surface area contributed by atoms with Crippen molar-refractivity contribution < 1.29 is 139 Å². The Balaban J connectivity index is 5.89. The third-order valence-corrected chi connectivity index (χ3v) is 13.3. The van der Waals surface area contributed by atoms with E-state index in [0.29, 0.717) is 6.42 Å². The van der Waals surface area contributed by atoms with Gasteiger partial charge in [0.15, 0.2) is 6.29 Å². The number of carboxylic acid groups (broad SMARTS) is 10. The molecule has 9 unspecified atom stereocenters. The number of nitrogens with zero attached hydrogens (tertiary/aromatic N) is 6. The van der Waals surface area contributed by atoms with Crippen molar-refractivity contribution in [1.29, 1.82) is 0 Å². The first-order chi connectivity index (χ1) is 39.8. The van der Waals surface area contributed by atoms with Gasteiger partial charge in [-0.2, -0.15) is 0 Å². The summed E-state index contributed by atoms with van der Waals surface area (Å²) >= 11 is 1.43. The molecule has 0 rings (SSSR count). The molecule has 0 saturated heterocycles. The van der Waals surface area contributed by atoms with Crippen LogP contribution in [0.2, 0.25) is 0 Å². The van der Waals surface area contributed by atoms with Crippen molar-refractivity contribution in [3.63, 3.8) is 0 Å². The summed E-state index contributed by atoms with van der Waals surface area (Å²) in [6, 6.07) is -2.59. The van der Waals surface area contributed by atoms with Gasteiger partial charge in [-0.05, 0) is 68.3 Å². The Kier molecular flexibility index (Phi) is 41.5. The van der Waals surface area contributed by atoms with Crippen LogP contribution in [0.1, 0.15) is 45.4 Å². The van der Waals surface area contributed by atoms with Crippen LogP contribution >= 0.6 is 22.6 Å². The minimum Gasteiger partial charge on any atom is -0.480 e. The molecule has 36 nitrogen and oxygen atoms in total. The van der Waals surface area contributed by atoms with E-state index < -0.39 is 184 Å². The average molecular weight is 1350 g/mol. The minimum absolute atomic E-state index is 0.00826. The predicted octanol–water partition coefficient (Wildman–Crippen LogP) is -6.79. The molecule has 0 fully saturated rings. The van der Waals surface area contributed by atoms with Gasteiger partial charge in [-0.25, -0.2) is 0 Å². The summed E-state index contributed by atoms with van der Waals surface area (Å²) < 4.78 is 9.98. The molecule has 0 spiro atoms. The maximum atomic E-state index is 12.6. The fourth-order valence-electron chi connectivity index (χ4n) is 8.56. The van der Waals surface area contributed by atoms with Gasteiger partial charge < -0.3 is 102 Å². The van der Waals surface area contributed by atoms with Crippen LogP contribution in [0.4, 0.5) is 0 Å². The highest BCUT2D eigenvalue weighted by atomic mass is 127.